The monoisotopic (exact) mass is 256 g/mol. The van der Waals surface area contributed by atoms with E-state index in [2.05, 4.69) is 10.6 Å². The highest BCUT2D eigenvalue weighted by atomic mass is 16.2. The molecule has 1 fully saturated rings. The fourth-order valence-electron chi connectivity index (χ4n) is 1.84. The molecule has 0 saturated carbocycles. The highest BCUT2D eigenvalue weighted by Crippen LogP contribution is 2.04. The van der Waals surface area contributed by atoms with Gasteiger partial charge in [0.05, 0.1) is 0 Å². The lowest BCUT2D eigenvalue weighted by atomic mass is 10.0. The largest absolute Gasteiger partial charge is 0.351 e. The molecule has 1 unspecified atom stereocenters. The quantitative estimate of drug-likeness (QED) is 0.532. The van der Waals surface area contributed by atoms with Gasteiger partial charge in [-0.25, -0.2) is 4.79 Å². The Hall–Kier alpha value is -1.63. The minimum Gasteiger partial charge on any atom is -0.351 e. The summed E-state index contributed by atoms with van der Waals surface area (Å²) in [6.07, 6.45) is 0.785. The van der Waals surface area contributed by atoms with Gasteiger partial charge in [0.15, 0.2) is 0 Å². The van der Waals surface area contributed by atoms with Crippen LogP contribution in [-0.4, -0.2) is 48.4 Å². The summed E-state index contributed by atoms with van der Waals surface area (Å²) in [7, 11) is 0. The van der Waals surface area contributed by atoms with Gasteiger partial charge < -0.3 is 16.0 Å². The molecule has 18 heavy (non-hydrogen) atoms. The van der Waals surface area contributed by atoms with Crippen LogP contribution >= 0.6 is 0 Å². The van der Waals surface area contributed by atoms with E-state index in [4.69, 9.17) is 5.73 Å². The first kappa shape index (κ1) is 14.4. The van der Waals surface area contributed by atoms with Crippen LogP contribution in [0.3, 0.4) is 0 Å². The maximum absolute atomic E-state index is 11.7. The Labute approximate surface area is 106 Å². The zero-order chi connectivity index (χ0) is 13.7. The molecule has 0 bridgehead atoms. The Balaban J connectivity index is 2.40. The number of urea groups is 1. The summed E-state index contributed by atoms with van der Waals surface area (Å²) in [5.74, 6) is -0.253. The van der Waals surface area contributed by atoms with E-state index in [1.165, 1.54) is 4.90 Å². The van der Waals surface area contributed by atoms with Gasteiger partial charge in [-0.05, 0) is 12.3 Å². The van der Waals surface area contributed by atoms with Gasteiger partial charge in [-0.15, -0.1) is 0 Å². The van der Waals surface area contributed by atoms with Crippen molar-refractivity contribution < 1.29 is 14.4 Å². The van der Waals surface area contributed by atoms with Crippen LogP contribution in [-0.2, 0) is 9.59 Å². The van der Waals surface area contributed by atoms with Crippen molar-refractivity contribution in [2.45, 2.75) is 26.3 Å². The highest BCUT2D eigenvalue weighted by molar-refractivity contribution is 6.03. The Kier molecular flexibility index (Phi) is 5.08. The number of nitrogens with zero attached hydrogens (tertiary/aromatic N) is 1. The van der Waals surface area contributed by atoms with Crippen LogP contribution in [0.25, 0.3) is 0 Å². The fraction of sp³-hybridized carbons (Fsp3) is 0.727. The van der Waals surface area contributed by atoms with Gasteiger partial charge in [0, 0.05) is 12.6 Å². The van der Waals surface area contributed by atoms with E-state index < -0.39 is 6.03 Å². The molecule has 0 aliphatic carbocycles. The van der Waals surface area contributed by atoms with Crippen molar-refractivity contribution in [3.8, 4) is 0 Å². The molecule has 1 rings (SSSR count). The zero-order valence-corrected chi connectivity index (χ0v) is 10.7. The van der Waals surface area contributed by atoms with Crippen molar-refractivity contribution >= 4 is 17.8 Å². The van der Waals surface area contributed by atoms with Crippen LogP contribution in [0.4, 0.5) is 4.79 Å². The standard InChI is InChI=1S/C11H20N4O3/c1-7(2)3-8(4-12)13-9(16)5-15-6-10(17)14-11(15)18/h7-8H,3-6,12H2,1-2H3,(H,13,16)(H,14,17,18). The van der Waals surface area contributed by atoms with E-state index in [0.29, 0.717) is 12.5 Å². The van der Waals surface area contributed by atoms with Crippen molar-refractivity contribution in [3.05, 3.63) is 0 Å². The Morgan fingerprint density at radius 1 is 1.50 bits per heavy atom. The summed E-state index contributed by atoms with van der Waals surface area (Å²) >= 11 is 0. The lowest BCUT2D eigenvalue weighted by molar-refractivity contribution is -0.122. The van der Waals surface area contributed by atoms with Gasteiger partial charge in [-0.1, -0.05) is 13.8 Å². The predicted octanol–water partition coefficient (Wildman–Crippen LogP) is -0.972. The molecule has 1 aliphatic rings. The van der Waals surface area contributed by atoms with Crippen LogP contribution < -0.4 is 16.4 Å². The van der Waals surface area contributed by atoms with Gasteiger partial charge in [0.2, 0.25) is 11.8 Å². The second kappa shape index (κ2) is 6.34. The van der Waals surface area contributed by atoms with Gasteiger partial charge in [0.25, 0.3) is 0 Å². The van der Waals surface area contributed by atoms with E-state index in [0.717, 1.165) is 6.42 Å². The molecule has 4 N–H and O–H groups in total. The number of nitrogens with two attached hydrogens (primary N) is 1. The number of nitrogens with one attached hydrogen (secondary N) is 2. The molecular formula is C11H20N4O3. The molecule has 1 heterocycles. The minimum absolute atomic E-state index is 0.0657. The van der Waals surface area contributed by atoms with Crippen LogP contribution in [0, 0.1) is 5.92 Å². The number of imide groups is 1. The number of amides is 4. The normalized spacial score (nSPS) is 17.0. The summed E-state index contributed by atoms with van der Waals surface area (Å²) in [6.45, 7) is 4.26. The fourth-order valence-corrected chi connectivity index (χ4v) is 1.84. The third-order valence-corrected chi connectivity index (χ3v) is 2.61. The Bertz CT molecular complexity index is 343. The van der Waals surface area contributed by atoms with Crippen LogP contribution in [0.1, 0.15) is 20.3 Å². The molecule has 0 spiro atoms. The molecule has 102 valence electrons. The SMILES string of the molecule is CC(C)CC(CN)NC(=O)CN1CC(=O)NC1=O. The zero-order valence-electron chi connectivity index (χ0n) is 10.7. The highest BCUT2D eigenvalue weighted by Gasteiger charge is 2.28. The second-order valence-electron chi connectivity index (χ2n) is 4.84. The van der Waals surface area contributed by atoms with Gasteiger partial charge in [-0.2, -0.15) is 0 Å². The molecule has 1 aliphatic heterocycles. The van der Waals surface area contributed by atoms with Gasteiger partial charge >= 0.3 is 6.03 Å². The molecule has 7 heteroatoms. The number of rotatable bonds is 6. The predicted molar refractivity (Wildman–Crippen MR) is 65.6 cm³/mol. The van der Waals surface area contributed by atoms with Crippen molar-refractivity contribution in [2.75, 3.05) is 19.6 Å². The summed E-state index contributed by atoms with van der Waals surface area (Å²) in [6, 6.07) is -0.623. The smallest absolute Gasteiger partial charge is 0.325 e. The lowest BCUT2D eigenvalue weighted by Gasteiger charge is -2.20. The summed E-state index contributed by atoms with van der Waals surface area (Å²) in [4.78, 5) is 35.1. The molecule has 1 atom stereocenters. The van der Waals surface area contributed by atoms with Crippen LogP contribution in [0.15, 0.2) is 0 Å². The summed E-state index contributed by atoms with van der Waals surface area (Å²) in [5.41, 5.74) is 5.57. The Morgan fingerprint density at radius 3 is 2.61 bits per heavy atom. The van der Waals surface area contributed by atoms with Crippen molar-refractivity contribution in [1.29, 1.82) is 0 Å². The first-order chi connectivity index (χ1) is 8.42. The average molecular weight is 256 g/mol. The maximum Gasteiger partial charge on any atom is 0.325 e. The van der Waals surface area contributed by atoms with E-state index in [1.807, 2.05) is 13.8 Å². The minimum atomic E-state index is -0.525. The summed E-state index contributed by atoms with van der Waals surface area (Å²) < 4.78 is 0. The van der Waals surface area contributed by atoms with E-state index >= 15 is 0 Å². The summed E-state index contributed by atoms with van der Waals surface area (Å²) in [5, 5.41) is 4.88. The molecular weight excluding hydrogens is 236 g/mol. The number of carbonyl (C=O) groups is 3. The van der Waals surface area contributed by atoms with Crippen LogP contribution in [0.2, 0.25) is 0 Å². The Morgan fingerprint density at radius 2 is 2.17 bits per heavy atom. The lowest BCUT2D eigenvalue weighted by Crippen LogP contribution is -2.46. The molecule has 0 aromatic heterocycles. The molecule has 7 nitrogen and oxygen atoms in total. The molecule has 1 saturated heterocycles. The second-order valence-corrected chi connectivity index (χ2v) is 4.84. The molecule has 4 amide bonds. The van der Waals surface area contributed by atoms with Gasteiger partial charge in [-0.3, -0.25) is 14.9 Å². The molecule has 0 radical (unpaired) electrons. The van der Waals surface area contributed by atoms with Crippen LogP contribution in [0.5, 0.6) is 0 Å². The third kappa shape index (κ3) is 4.33. The first-order valence-corrected chi connectivity index (χ1v) is 6.00. The third-order valence-electron chi connectivity index (χ3n) is 2.61. The van der Waals surface area contributed by atoms with Crippen molar-refractivity contribution in [3.63, 3.8) is 0 Å². The first-order valence-electron chi connectivity index (χ1n) is 6.00. The molecule has 0 aromatic rings. The van der Waals surface area contributed by atoms with E-state index in [9.17, 15) is 14.4 Å². The average Bonchev–Trinajstić information content (AvgIpc) is 2.55. The topological polar surface area (TPSA) is 105 Å². The van der Waals surface area contributed by atoms with E-state index in [-0.39, 0.29) is 30.9 Å². The van der Waals surface area contributed by atoms with Gasteiger partial charge in [0.1, 0.15) is 13.1 Å². The van der Waals surface area contributed by atoms with E-state index in [1.54, 1.807) is 0 Å². The molecule has 0 aromatic carbocycles. The van der Waals surface area contributed by atoms with Crippen molar-refractivity contribution in [2.24, 2.45) is 11.7 Å². The maximum atomic E-state index is 11.7. The number of carbonyl (C=O) groups excluding carboxylic acids is 3. The van der Waals surface area contributed by atoms with Crippen molar-refractivity contribution in [1.82, 2.24) is 15.5 Å². The number of hydrogen-bond donors (Lipinski definition) is 3. The number of hydrogen-bond acceptors (Lipinski definition) is 4.